The predicted octanol–water partition coefficient (Wildman–Crippen LogP) is 4.23. The summed E-state index contributed by atoms with van der Waals surface area (Å²) in [6, 6.07) is 11.7. The number of aliphatic hydroxyl groups is 2. The molecule has 1 saturated carbocycles. The summed E-state index contributed by atoms with van der Waals surface area (Å²) in [5.74, 6) is 0.964. The van der Waals surface area contributed by atoms with Crippen LogP contribution in [0.25, 0.3) is 20.8 Å². The normalized spacial score (nSPS) is 22.1. The average molecular weight is 508 g/mol. The number of nitrogens with one attached hydrogen (secondary N) is 2. The van der Waals surface area contributed by atoms with Crippen molar-refractivity contribution in [3.8, 4) is 10.6 Å². The lowest BCUT2D eigenvalue weighted by Gasteiger charge is -2.21. The molecule has 8 nitrogen and oxygen atoms in total. The van der Waals surface area contributed by atoms with Crippen LogP contribution < -0.4 is 10.6 Å². The summed E-state index contributed by atoms with van der Waals surface area (Å²) in [7, 11) is 1.66. The molecule has 0 bridgehead atoms. The third-order valence-electron chi connectivity index (χ3n) is 6.23. The van der Waals surface area contributed by atoms with Crippen molar-refractivity contribution in [2.75, 3.05) is 17.7 Å². The summed E-state index contributed by atoms with van der Waals surface area (Å²) >= 11 is 3.25. The van der Waals surface area contributed by atoms with Gasteiger partial charge in [0, 0.05) is 10.8 Å². The third kappa shape index (κ3) is 5.03. The van der Waals surface area contributed by atoms with E-state index in [9.17, 15) is 10.2 Å². The van der Waals surface area contributed by atoms with Crippen LogP contribution in [0.5, 0.6) is 0 Å². The fourth-order valence-corrected chi connectivity index (χ4v) is 6.13. The van der Waals surface area contributed by atoms with Crippen LogP contribution in [0, 0.1) is 12.8 Å². The lowest BCUT2D eigenvalue weighted by Crippen LogP contribution is -2.35. The number of thiophene rings is 1. The molecule has 180 valence electrons. The second-order valence-corrected chi connectivity index (χ2v) is 10.7. The molecule has 4 N–H and O–H groups in total. The fraction of sp³-hybridized carbons (Fsp3) is 0.360. The molecule has 4 unspecified atom stereocenters. The van der Waals surface area contributed by atoms with Gasteiger partial charge in [0.05, 0.1) is 47.2 Å². The van der Waals surface area contributed by atoms with E-state index in [1.54, 1.807) is 29.7 Å². The van der Waals surface area contributed by atoms with Crippen LogP contribution >= 0.6 is 22.7 Å². The maximum Gasteiger partial charge on any atom is 0.357 e. The number of aromatic nitrogens is 3. The number of fused-ring (bicyclic) bond motifs is 1. The molecule has 35 heavy (non-hydrogen) atoms. The van der Waals surface area contributed by atoms with Crippen molar-refractivity contribution in [1.82, 2.24) is 15.0 Å². The maximum atomic E-state index is 10.8. The minimum Gasteiger partial charge on any atom is -0.390 e. The summed E-state index contributed by atoms with van der Waals surface area (Å²) in [5.41, 5.74) is 2.51. The van der Waals surface area contributed by atoms with E-state index in [1.807, 2.05) is 42.6 Å². The van der Waals surface area contributed by atoms with Crippen LogP contribution in [0.15, 0.2) is 46.8 Å². The fourth-order valence-electron chi connectivity index (χ4n) is 4.43. The van der Waals surface area contributed by atoms with E-state index < -0.39 is 12.2 Å². The van der Waals surface area contributed by atoms with Crippen molar-refractivity contribution in [3.05, 3.63) is 52.3 Å². The molecule has 4 aromatic rings. The SMILES string of the molecule is CN=[C+]CC1CC(Nc2nc(NCc3cccs3)nc(C)c2-c2nc3ccccc3s2)C(O)C1O. The Morgan fingerprint density at radius 3 is 2.74 bits per heavy atom. The number of aliphatic imine (C=N–C) groups is 1. The molecule has 0 saturated heterocycles. The number of thiazole rings is 1. The molecule has 1 aromatic carbocycles. The van der Waals surface area contributed by atoms with Gasteiger partial charge in [0.2, 0.25) is 5.95 Å². The summed E-state index contributed by atoms with van der Waals surface area (Å²) in [5, 5.41) is 31.0. The van der Waals surface area contributed by atoms with Crippen molar-refractivity contribution in [3.63, 3.8) is 0 Å². The zero-order valence-corrected chi connectivity index (χ0v) is 21.1. The van der Waals surface area contributed by atoms with Crippen molar-refractivity contribution >= 4 is 50.9 Å². The van der Waals surface area contributed by atoms with Gasteiger partial charge >= 0.3 is 6.21 Å². The van der Waals surface area contributed by atoms with E-state index in [1.165, 1.54) is 4.88 Å². The molecular weight excluding hydrogens is 480 g/mol. The smallest absolute Gasteiger partial charge is 0.357 e. The van der Waals surface area contributed by atoms with E-state index in [-0.39, 0.29) is 12.0 Å². The van der Waals surface area contributed by atoms with Gasteiger partial charge in [-0.25, -0.2) is 9.97 Å². The number of nitrogens with zero attached hydrogens (tertiary/aromatic N) is 4. The molecule has 10 heteroatoms. The average Bonchev–Trinajstić information content (AvgIpc) is 3.58. The Hall–Kier alpha value is -3.01. The predicted molar refractivity (Wildman–Crippen MR) is 143 cm³/mol. The van der Waals surface area contributed by atoms with Gasteiger partial charge in [-0.05, 0) is 41.9 Å². The zero-order chi connectivity index (χ0) is 24.4. The first-order chi connectivity index (χ1) is 17.0. The van der Waals surface area contributed by atoms with Gasteiger partial charge in [0.15, 0.2) is 6.42 Å². The van der Waals surface area contributed by atoms with Crippen molar-refractivity contribution < 1.29 is 10.2 Å². The van der Waals surface area contributed by atoms with Gasteiger partial charge in [-0.1, -0.05) is 18.2 Å². The van der Waals surface area contributed by atoms with Crippen LogP contribution in [-0.4, -0.2) is 56.7 Å². The second-order valence-electron chi connectivity index (χ2n) is 8.59. The number of hydrogen-bond acceptors (Lipinski definition) is 10. The summed E-state index contributed by atoms with van der Waals surface area (Å²) in [6.07, 6.45) is 2.19. The van der Waals surface area contributed by atoms with E-state index in [0.717, 1.165) is 26.5 Å². The number of aliphatic hydroxyl groups excluding tert-OH is 2. The number of anilines is 2. The van der Waals surface area contributed by atoms with Gasteiger partial charge in [-0.3, -0.25) is 0 Å². The molecule has 0 spiro atoms. The molecule has 1 aliphatic carbocycles. The molecule has 4 atom stereocenters. The molecule has 5 rings (SSSR count). The topological polar surface area (TPSA) is 116 Å². The molecule has 0 amide bonds. The van der Waals surface area contributed by atoms with Crippen molar-refractivity contribution in [1.29, 1.82) is 0 Å². The zero-order valence-electron chi connectivity index (χ0n) is 19.5. The Morgan fingerprint density at radius 2 is 1.97 bits per heavy atom. The molecule has 3 aromatic heterocycles. The quantitative estimate of drug-likeness (QED) is 0.208. The number of rotatable bonds is 8. The maximum absolute atomic E-state index is 10.8. The summed E-state index contributed by atoms with van der Waals surface area (Å²) < 4.78 is 1.08. The van der Waals surface area contributed by atoms with Crippen LogP contribution in [-0.2, 0) is 6.54 Å². The van der Waals surface area contributed by atoms with E-state index >= 15 is 0 Å². The Balaban J connectivity index is 1.49. The number of hydrogen-bond donors (Lipinski definition) is 4. The lowest BCUT2D eigenvalue weighted by atomic mass is 10.0. The Kier molecular flexibility index (Phi) is 6.99. The first-order valence-electron chi connectivity index (χ1n) is 11.5. The molecular formula is C25H27N6O2S2+. The van der Waals surface area contributed by atoms with Gasteiger partial charge in [-0.15, -0.1) is 22.7 Å². The van der Waals surface area contributed by atoms with Crippen LogP contribution in [0.4, 0.5) is 11.8 Å². The lowest BCUT2D eigenvalue weighted by molar-refractivity contribution is 0.0190. The standard InChI is InChI=1S/C25H27N6O2S2/c1-14-20(24-30-17-7-3-4-8-19(17)35-24)23(31-25(28-14)27-13-16-6-5-11-34-16)29-18-12-15(9-10-26-2)21(32)22(18)33/h3-8,11,15,18,21-22,32-33H,9,12-13H2,1-2H3,(H2,27,28,29,31)/q+1. The molecule has 1 aliphatic rings. The molecule has 3 heterocycles. The molecule has 1 fully saturated rings. The highest BCUT2D eigenvalue weighted by Crippen LogP contribution is 2.38. The van der Waals surface area contributed by atoms with Crippen LogP contribution in [0.3, 0.4) is 0 Å². The van der Waals surface area contributed by atoms with Gasteiger partial charge in [0.1, 0.15) is 16.9 Å². The van der Waals surface area contributed by atoms with Gasteiger partial charge in [0.25, 0.3) is 0 Å². The Labute approximate surface area is 211 Å². The minimum atomic E-state index is -0.931. The summed E-state index contributed by atoms with van der Waals surface area (Å²) in [4.78, 5) is 19.4. The highest BCUT2D eigenvalue weighted by Gasteiger charge is 2.44. The second kappa shape index (κ2) is 10.3. The number of aryl methyl sites for hydroxylation is 1. The van der Waals surface area contributed by atoms with Gasteiger partial charge in [-0.2, -0.15) is 4.98 Å². The van der Waals surface area contributed by atoms with E-state index in [0.29, 0.717) is 31.2 Å². The molecule has 0 radical (unpaired) electrons. The largest absolute Gasteiger partial charge is 0.390 e. The van der Waals surface area contributed by atoms with Gasteiger partial charge < -0.3 is 20.8 Å². The summed E-state index contributed by atoms with van der Waals surface area (Å²) in [6.45, 7) is 2.57. The minimum absolute atomic E-state index is 0.128. The van der Waals surface area contributed by atoms with Crippen molar-refractivity contribution in [2.24, 2.45) is 10.9 Å². The number of benzene rings is 1. The van der Waals surface area contributed by atoms with Crippen LogP contribution in [0.1, 0.15) is 23.4 Å². The number of para-hydroxylation sites is 1. The van der Waals surface area contributed by atoms with E-state index in [2.05, 4.69) is 27.9 Å². The highest BCUT2D eigenvalue weighted by atomic mass is 32.1. The monoisotopic (exact) mass is 507 g/mol. The highest BCUT2D eigenvalue weighted by molar-refractivity contribution is 7.21. The Bertz CT molecular complexity index is 1290. The van der Waals surface area contributed by atoms with Crippen molar-refractivity contribution in [2.45, 2.75) is 44.6 Å². The Morgan fingerprint density at radius 1 is 1.11 bits per heavy atom. The third-order valence-corrected chi connectivity index (χ3v) is 8.16. The van der Waals surface area contributed by atoms with Crippen LogP contribution in [0.2, 0.25) is 0 Å². The molecule has 0 aliphatic heterocycles. The first kappa shape index (κ1) is 23.7. The van der Waals surface area contributed by atoms with E-state index in [4.69, 9.17) is 15.0 Å². The first-order valence-corrected chi connectivity index (χ1v) is 13.2.